The number of carboxylic acids is 1. The summed E-state index contributed by atoms with van der Waals surface area (Å²) in [4.78, 5) is 98.2. The minimum absolute atomic E-state index is 0.00543. The zero-order valence-electron chi connectivity index (χ0n) is 82.4. The van der Waals surface area contributed by atoms with Crippen molar-refractivity contribution in [3.05, 3.63) is 321 Å². The van der Waals surface area contributed by atoms with E-state index in [0.717, 1.165) is 117 Å². The number of amides is 3. The predicted octanol–water partition coefficient (Wildman–Crippen LogP) is 17.7. The Kier molecular flexibility index (Phi) is 45.1. The highest BCUT2D eigenvalue weighted by atomic mass is 79.9. The molecule has 0 bridgehead atoms. The molecule has 14 heterocycles. The number of nitrogens with zero attached hydrogens (tertiary/aromatic N) is 14. The number of anilines is 4. The van der Waals surface area contributed by atoms with Crippen LogP contribution in [0.1, 0.15) is 200 Å². The molecule has 13 N–H and O–H groups in total. The first-order valence-electron chi connectivity index (χ1n) is 46.6. The van der Waals surface area contributed by atoms with E-state index in [-0.39, 0.29) is 71.4 Å². The number of carbonyl (C=O) groups excluding carboxylic acids is 3. The molecule has 0 saturated carbocycles. The van der Waals surface area contributed by atoms with E-state index in [4.69, 9.17) is 66.6 Å². The van der Waals surface area contributed by atoms with Crippen LogP contribution < -0.4 is 44.8 Å². The summed E-state index contributed by atoms with van der Waals surface area (Å²) in [6.07, 6.45) is 29.4. The molecule has 4 aromatic carbocycles. The van der Waals surface area contributed by atoms with Crippen LogP contribution in [0, 0.1) is 23.3 Å². The molecule has 44 heteroatoms. The molecule has 18 rings (SSSR count). The van der Waals surface area contributed by atoms with Gasteiger partial charge in [-0.1, -0.05) is 66.0 Å². The number of halogens is 9. The number of carboxylic acid groups (broad SMARTS) is 1. The van der Waals surface area contributed by atoms with Gasteiger partial charge in [0.1, 0.15) is 69.8 Å². The summed E-state index contributed by atoms with van der Waals surface area (Å²) in [7, 11) is 2.53. The highest BCUT2D eigenvalue weighted by Gasteiger charge is 2.54. The number of nitrogens with one attached hydrogen (secondary N) is 2. The van der Waals surface area contributed by atoms with Crippen LogP contribution in [0.3, 0.4) is 0 Å². The summed E-state index contributed by atoms with van der Waals surface area (Å²) in [5, 5.41) is 14.3. The standard InChI is InChI=1S/C23H25FN6O.C16H25BN2O3.C13H11BrFN3O.C12H9BrFN3O.C11H19BO3.C10H13BrN2O.C7H4BrFO2.C5H5BrN2.C5H7N3/c1-30(14-21-27-7-2-8-28-21)23(31)18-4-3-16(12-20(18)24)19-11-17(13-29-22(19)25)15-5-9-26-10-6-15;1-15(2)16(3,4)22-17(21-15)13-9-12(10-19-14(13)18)11-5-7-20-8-6-11;1-18(8-12-16-5-2-6-17-12)13(19)10-4-3-9(14)7-11(10)15;13-8-2-3-9(10(14)6-8)12(18)17-7-11-15-4-1-5-16-11;1-10(2)11(3,4)15-12(14-10)9-5-7-13-8-6-9;11-9-5-8(6-13-10(9)12)7-1-3-14-4-2-7;8-4-1-2-5(7(10)11)6(9)3-4;6-4-1-2-5(7)8-3-4;6-4-5-7-2-1-3-8-5/h2-4,7-8,11-13,15,26H,5-6,9-10,14H2,1H3,(H2,25,29);9-11H,5-8H2,1-4H3,(H2,18,19);2-7H,8H2,1H3;1-6H,7H2,(H,17,18);5H,6-8H2,1-4H3;5-7H,1-4H2,(H2,12,13);1-3H,(H,10,11);1-3H,(H2,7,8);1-3H,4,6H2. The fourth-order valence-electron chi connectivity index (χ4n) is 14.6. The summed E-state index contributed by atoms with van der Waals surface area (Å²) >= 11 is 15.9. The molecule has 0 atom stereocenters. The van der Waals surface area contributed by atoms with Crippen molar-refractivity contribution in [1.82, 2.24) is 80.2 Å². The van der Waals surface area contributed by atoms with Gasteiger partial charge >= 0.3 is 20.2 Å². The number of nitrogens with two attached hydrogens (primary N) is 5. The maximum Gasteiger partial charge on any atom is 0.498 e. The average molecular weight is 2330 g/mol. The number of hydrogen-bond donors (Lipinski definition) is 8. The van der Waals surface area contributed by atoms with Crippen LogP contribution in [0.15, 0.2) is 236 Å². The van der Waals surface area contributed by atoms with E-state index in [1.165, 1.54) is 74.9 Å². The van der Waals surface area contributed by atoms with Gasteiger partial charge in [-0.25, -0.2) is 82.2 Å². The molecule has 5 fully saturated rings. The zero-order valence-corrected chi connectivity index (χ0v) is 90.4. The largest absolute Gasteiger partial charge is 0.498 e. The molecule has 0 spiro atoms. The quantitative estimate of drug-likeness (QED) is 0.0310. The van der Waals surface area contributed by atoms with Gasteiger partial charge in [0.15, 0.2) is 0 Å². The molecule has 0 radical (unpaired) electrons. The van der Waals surface area contributed by atoms with E-state index >= 15 is 0 Å². The Balaban J connectivity index is 0.000000173. The third-order valence-electron chi connectivity index (χ3n) is 24.3. The van der Waals surface area contributed by atoms with Gasteiger partial charge in [-0.3, -0.25) is 14.4 Å². The van der Waals surface area contributed by atoms with Crippen molar-refractivity contribution in [2.24, 2.45) is 5.73 Å². The topological polar surface area (TPSA) is 468 Å². The van der Waals surface area contributed by atoms with Crippen molar-refractivity contribution in [3.63, 3.8) is 0 Å². The number of aromatic carboxylic acids is 1. The van der Waals surface area contributed by atoms with Gasteiger partial charge in [-0.2, -0.15) is 0 Å². The second-order valence-electron chi connectivity index (χ2n) is 35.8. The highest BCUT2D eigenvalue weighted by Crippen LogP contribution is 2.41. The molecule has 3 amide bonds. The van der Waals surface area contributed by atoms with Crippen molar-refractivity contribution in [2.45, 2.75) is 167 Å². The third-order valence-corrected chi connectivity index (χ3v) is 26.9. The number of rotatable bonds is 17. The van der Waals surface area contributed by atoms with Gasteiger partial charge in [0.25, 0.3) is 17.7 Å². The lowest BCUT2D eigenvalue weighted by atomic mass is 9.75. The van der Waals surface area contributed by atoms with Crippen LogP contribution >= 0.6 is 79.6 Å². The van der Waals surface area contributed by atoms with Crippen LogP contribution in [0.25, 0.3) is 11.1 Å². The molecule has 12 aromatic rings. The summed E-state index contributed by atoms with van der Waals surface area (Å²) < 4.78 is 98.5. The van der Waals surface area contributed by atoms with Crippen molar-refractivity contribution < 1.29 is 74.7 Å². The normalized spacial score (nSPS) is 15.8. The maximum absolute atomic E-state index is 14.9. The van der Waals surface area contributed by atoms with Gasteiger partial charge in [-0.15, -0.1) is 0 Å². The molecular formula is C102H118B2Br5F4N21O12. The predicted molar refractivity (Wildman–Crippen MR) is 569 cm³/mol. The molecule has 6 aliphatic heterocycles. The highest BCUT2D eigenvalue weighted by molar-refractivity contribution is 9.11. The number of hydrogen-bond acceptors (Lipinski definition) is 29. The summed E-state index contributed by atoms with van der Waals surface area (Å²) in [6, 6.07) is 33.5. The lowest BCUT2D eigenvalue weighted by Gasteiger charge is -2.32. The van der Waals surface area contributed by atoms with E-state index in [2.05, 4.69) is 196 Å². The summed E-state index contributed by atoms with van der Waals surface area (Å²) in [5.41, 5.74) is 33.7. The first kappa shape index (κ1) is 116. The number of aromatic nitrogens is 12. The van der Waals surface area contributed by atoms with Gasteiger partial charge in [-0.05, 0) is 306 Å². The summed E-state index contributed by atoms with van der Waals surface area (Å²) in [5.74, 6) is 0.501. The van der Waals surface area contributed by atoms with Crippen molar-refractivity contribution in [3.8, 4) is 11.1 Å². The molecule has 772 valence electrons. The van der Waals surface area contributed by atoms with Crippen LogP contribution in [-0.4, -0.2) is 202 Å². The minimum atomic E-state index is -1.25. The Morgan fingerprint density at radius 2 is 0.849 bits per heavy atom. The fourth-order valence-corrected chi connectivity index (χ4v) is 16.2. The number of nitrogen functional groups attached to an aromatic ring is 4. The number of benzene rings is 4. The van der Waals surface area contributed by atoms with Gasteiger partial charge < -0.3 is 87.0 Å². The van der Waals surface area contributed by atoms with Crippen LogP contribution in [0.2, 0.25) is 0 Å². The lowest BCUT2D eigenvalue weighted by Crippen LogP contribution is -2.41. The van der Waals surface area contributed by atoms with Crippen molar-refractivity contribution in [2.75, 3.05) is 89.8 Å². The Labute approximate surface area is 889 Å². The number of ether oxygens (including phenoxy) is 3. The molecule has 33 nitrogen and oxygen atoms in total. The van der Waals surface area contributed by atoms with Crippen LogP contribution in [0.4, 0.5) is 40.8 Å². The first-order chi connectivity index (χ1) is 69.6. The SMILES string of the molecule is CC1(C)OB(C2=CCOCC2)OC1(C)C.CC1(C)OB(c2cc(C3CCOCC3)cnc2N)OC1(C)C.CN(Cc1ncccn1)C(=O)c1ccc(-c2cc(C3CCNCC3)cnc2N)cc1F.CN(Cc1ncccn1)C(=O)c1ccc(Br)cc1F.NCc1ncccn1.Nc1ccc(Br)cn1.Nc1ncc(C2CCOCC2)cc1Br.O=C(NCc1ncccn1)c1ccc(Br)cc1F.O=C(O)c1ccc(Br)cc1F. The van der Waals surface area contributed by atoms with E-state index in [9.17, 15) is 36.7 Å². The Hall–Kier alpha value is -11.5. The Morgan fingerprint density at radius 1 is 0.445 bits per heavy atom. The lowest BCUT2D eigenvalue weighted by molar-refractivity contribution is 0.00578. The van der Waals surface area contributed by atoms with Crippen molar-refractivity contribution in [1.29, 1.82) is 0 Å². The second kappa shape index (κ2) is 56.6. The third kappa shape index (κ3) is 35.4. The van der Waals surface area contributed by atoms with Gasteiger partial charge in [0.2, 0.25) is 0 Å². The molecular weight excluding hydrogens is 2210 g/mol. The fraction of sp³-hybridized carbons (Fsp3) is 0.353. The smallest absolute Gasteiger partial charge is 0.478 e. The molecule has 0 aliphatic carbocycles. The molecule has 6 aliphatic rings. The van der Waals surface area contributed by atoms with E-state index in [0.29, 0.717) is 102 Å². The molecule has 8 aromatic heterocycles. The Bertz CT molecular complexity index is 6240. The Morgan fingerprint density at radius 3 is 1.27 bits per heavy atom. The first-order valence-corrected chi connectivity index (χ1v) is 50.6. The molecule has 146 heavy (non-hydrogen) atoms. The number of pyridine rings is 4. The van der Waals surface area contributed by atoms with E-state index < -0.39 is 54.1 Å². The van der Waals surface area contributed by atoms with Gasteiger partial charge in [0, 0.05) is 144 Å². The van der Waals surface area contributed by atoms with E-state index in [1.807, 2.05) is 58.4 Å². The van der Waals surface area contributed by atoms with Crippen molar-refractivity contribution >= 4 is 146 Å². The minimum Gasteiger partial charge on any atom is -0.478 e. The molecule has 0 unspecified atom stereocenters. The maximum atomic E-state index is 14.9. The van der Waals surface area contributed by atoms with Crippen LogP contribution in [0.5, 0.6) is 0 Å². The number of piperidine rings is 1. The van der Waals surface area contributed by atoms with Crippen LogP contribution in [-0.2, 0) is 59.0 Å². The van der Waals surface area contributed by atoms with E-state index in [1.54, 1.807) is 118 Å². The second-order valence-corrected chi connectivity index (χ2v) is 40.3. The average Bonchev–Trinajstić information content (AvgIpc) is 1.62. The monoisotopic (exact) mass is 2320 g/mol. The number of carbonyl (C=O) groups is 4. The zero-order chi connectivity index (χ0) is 106. The summed E-state index contributed by atoms with van der Waals surface area (Å²) in [6.45, 7) is 24.2. The van der Waals surface area contributed by atoms with Gasteiger partial charge in [0.05, 0.1) is 88.5 Å². The molecule has 5 saturated heterocycles.